The van der Waals surface area contributed by atoms with Crippen LogP contribution in [-0.2, 0) is 6.54 Å². The Labute approximate surface area is 197 Å². The van der Waals surface area contributed by atoms with E-state index in [-0.39, 0.29) is 5.91 Å². The van der Waals surface area contributed by atoms with E-state index in [0.717, 1.165) is 28.2 Å². The van der Waals surface area contributed by atoms with Crippen LogP contribution in [0.1, 0.15) is 42.5 Å². The van der Waals surface area contributed by atoms with Crippen LogP contribution in [0.25, 0.3) is 21.7 Å². The minimum Gasteiger partial charge on any atom is -0.397 e. The maximum Gasteiger partial charge on any atom is 0.255 e. The number of hydrogen-bond acceptors (Lipinski definition) is 5. The Hall–Kier alpha value is -3.45. The lowest BCUT2D eigenvalue weighted by molar-refractivity contribution is 0.102. The van der Waals surface area contributed by atoms with Gasteiger partial charge in [-0.25, -0.2) is 0 Å². The lowest BCUT2D eigenvalue weighted by Gasteiger charge is -2.20. The molecule has 7 heteroatoms. The lowest BCUT2D eigenvalue weighted by atomic mass is 9.89. The van der Waals surface area contributed by atoms with Gasteiger partial charge in [-0.15, -0.1) is 16.4 Å². The highest BCUT2D eigenvalue weighted by molar-refractivity contribution is 7.13. The predicted molar refractivity (Wildman–Crippen MR) is 134 cm³/mol. The van der Waals surface area contributed by atoms with Crippen LogP contribution in [0.2, 0.25) is 0 Å². The number of aromatic nitrogens is 3. The van der Waals surface area contributed by atoms with Gasteiger partial charge in [-0.05, 0) is 60.0 Å². The summed E-state index contributed by atoms with van der Waals surface area (Å²) >= 11 is 1.65. The number of carbonyl (C=O) groups excluding carboxylic acids is 1. The molecule has 0 radical (unpaired) electrons. The van der Waals surface area contributed by atoms with Crippen molar-refractivity contribution in [1.82, 2.24) is 15.0 Å². The van der Waals surface area contributed by atoms with E-state index in [2.05, 4.69) is 15.6 Å². The number of amides is 1. The van der Waals surface area contributed by atoms with E-state index in [9.17, 15) is 4.79 Å². The first-order chi connectivity index (χ1) is 16.2. The summed E-state index contributed by atoms with van der Waals surface area (Å²) in [4.78, 5) is 14.1. The van der Waals surface area contributed by atoms with Gasteiger partial charge in [0.05, 0.1) is 17.6 Å². The summed E-state index contributed by atoms with van der Waals surface area (Å²) < 4.78 is 1.94. The van der Waals surface area contributed by atoms with Crippen LogP contribution < -0.4 is 11.1 Å². The summed E-state index contributed by atoms with van der Waals surface area (Å²) in [5.74, 6) is 0.474. The molecule has 6 nitrogen and oxygen atoms in total. The minimum absolute atomic E-state index is 0.207. The Kier molecular flexibility index (Phi) is 6.21. The Morgan fingerprint density at radius 2 is 1.94 bits per heavy atom. The molecule has 2 aromatic carbocycles. The second-order valence-corrected chi connectivity index (χ2v) is 9.59. The summed E-state index contributed by atoms with van der Waals surface area (Å²) in [6.07, 6.45) is 8.48. The predicted octanol–water partition coefficient (Wildman–Crippen LogP) is 6.09. The lowest BCUT2D eigenvalue weighted by Crippen LogP contribution is -2.14. The maximum atomic E-state index is 13.0. The fraction of sp³-hybridized carbons (Fsp3) is 0.269. The standard InChI is InChI=1S/C26H27N5OS/c27-22-12-11-20(25-10-5-13-33-25)15-23(22)28-26(32)21-9-4-8-19(14-21)24-17-31(30-29-24)16-18-6-2-1-3-7-18/h4-5,8-15,17-18H,1-3,6-7,16,27H2,(H,28,32). The Bertz CT molecular complexity index is 1240. The van der Waals surface area contributed by atoms with Crippen molar-refractivity contribution in [3.63, 3.8) is 0 Å². The molecule has 5 rings (SSSR count). The molecule has 1 fully saturated rings. The summed E-state index contributed by atoms with van der Waals surface area (Å²) in [6, 6.07) is 17.2. The minimum atomic E-state index is -0.207. The van der Waals surface area contributed by atoms with Gasteiger partial charge in [-0.1, -0.05) is 48.7 Å². The van der Waals surface area contributed by atoms with Crippen molar-refractivity contribution in [3.8, 4) is 21.7 Å². The molecule has 0 unspecified atom stereocenters. The number of hydrogen-bond donors (Lipinski definition) is 2. The number of nitrogens with one attached hydrogen (secondary N) is 1. The monoisotopic (exact) mass is 457 g/mol. The van der Waals surface area contributed by atoms with E-state index in [1.165, 1.54) is 32.1 Å². The largest absolute Gasteiger partial charge is 0.397 e. The van der Waals surface area contributed by atoms with Crippen molar-refractivity contribution in [3.05, 3.63) is 71.7 Å². The van der Waals surface area contributed by atoms with Gasteiger partial charge in [0.2, 0.25) is 0 Å². The van der Waals surface area contributed by atoms with Crippen molar-refractivity contribution in [2.24, 2.45) is 5.92 Å². The molecule has 0 spiro atoms. The molecule has 168 valence electrons. The quantitative estimate of drug-likeness (QED) is 0.343. The SMILES string of the molecule is Nc1ccc(-c2cccs2)cc1NC(=O)c1cccc(-c2cn(CC3CCCCC3)nn2)c1. The first kappa shape index (κ1) is 21.4. The number of anilines is 2. The molecule has 0 aliphatic heterocycles. The van der Waals surface area contributed by atoms with Crippen molar-refractivity contribution in [1.29, 1.82) is 0 Å². The fourth-order valence-corrected chi connectivity index (χ4v) is 5.15. The molecule has 1 amide bonds. The Morgan fingerprint density at radius 1 is 1.06 bits per heavy atom. The molecule has 1 saturated carbocycles. The third kappa shape index (κ3) is 4.98. The van der Waals surface area contributed by atoms with Crippen LogP contribution in [0.5, 0.6) is 0 Å². The van der Waals surface area contributed by atoms with Crippen molar-refractivity contribution < 1.29 is 4.79 Å². The molecule has 0 saturated heterocycles. The van der Waals surface area contributed by atoms with Gasteiger partial charge in [0.25, 0.3) is 5.91 Å². The summed E-state index contributed by atoms with van der Waals surface area (Å²) in [5, 5.41) is 13.7. The van der Waals surface area contributed by atoms with Crippen LogP contribution in [0.4, 0.5) is 11.4 Å². The molecule has 1 aliphatic rings. The maximum absolute atomic E-state index is 13.0. The van der Waals surface area contributed by atoms with E-state index in [1.807, 2.05) is 64.8 Å². The van der Waals surface area contributed by atoms with Gasteiger partial charge in [0, 0.05) is 22.5 Å². The molecular weight excluding hydrogens is 430 g/mol. The van der Waals surface area contributed by atoms with Gasteiger partial charge >= 0.3 is 0 Å². The van der Waals surface area contributed by atoms with Gasteiger partial charge in [0.1, 0.15) is 5.69 Å². The number of rotatable bonds is 6. The molecule has 2 heterocycles. The molecule has 33 heavy (non-hydrogen) atoms. The number of thiophene rings is 1. The smallest absolute Gasteiger partial charge is 0.255 e. The van der Waals surface area contributed by atoms with Crippen LogP contribution in [0, 0.1) is 5.92 Å². The molecular formula is C26H27N5OS. The number of benzene rings is 2. The van der Waals surface area contributed by atoms with Crippen molar-refractivity contribution >= 4 is 28.6 Å². The van der Waals surface area contributed by atoms with Crippen LogP contribution in [-0.4, -0.2) is 20.9 Å². The van der Waals surface area contributed by atoms with Crippen LogP contribution in [0.3, 0.4) is 0 Å². The average molecular weight is 458 g/mol. The summed E-state index contributed by atoms with van der Waals surface area (Å²) in [5.41, 5.74) is 10.5. The number of nitrogens with two attached hydrogens (primary N) is 1. The first-order valence-corrected chi connectivity index (χ1v) is 12.3. The molecule has 0 atom stereocenters. The highest BCUT2D eigenvalue weighted by Crippen LogP contribution is 2.31. The van der Waals surface area contributed by atoms with Crippen molar-refractivity contribution in [2.45, 2.75) is 38.6 Å². The zero-order valence-electron chi connectivity index (χ0n) is 18.4. The van der Waals surface area contributed by atoms with Gasteiger partial charge in [0.15, 0.2) is 0 Å². The number of nitrogens with zero attached hydrogens (tertiary/aromatic N) is 3. The molecule has 1 aliphatic carbocycles. The van der Waals surface area contributed by atoms with Gasteiger partial charge < -0.3 is 11.1 Å². The zero-order valence-corrected chi connectivity index (χ0v) is 19.2. The van der Waals surface area contributed by atoms with Gasteiger partial charge in [-0.3, -0.25) is 9.48 Å². The second kappa shape index (κ2) is 9.58. The molecule has 0 bridgehead atoms. The first-order valence-electron chi connectivity index (χ1n) is 11.4. The van der Waals surface area contributed by atoms with E-state index in [4.69, 9.17) is 5.73 Å². The van der Waals surface area contributed by atoms with E-state index in [0.29, 0.717) is 22.9 Å². The van der Waals surface area contributed by atoms with Crippen LogP contribution >= 0.6 is 11.3 Å². The Balaban J connectivity index is 1.31. The van der Waals surface area contributed by atoms with Gasteiger partial charge in [-0.2, -0.15) is 0 Å². The normalized spacial score (nSPS) is 14.3. The highest BCUT2D eigenvalue weighted by Gasteiger charge is 2.16. The summed E-state index contributed by atoms with van der Waals surface area (Å²) in [7, 11) is 0. The highest BCUT2D eigenvalue weighted by atomic mass is 32.1. The number of nitrogen functional groups attached to an aromatic ring is 1. The van der Waals surface area contributed by atoms with E-state index in [1.54, 1.807) is 17.4 Å². The third-order valence-corrected chi connectivity index (χ3v) is 7.16. The Morgan fingerprint density at radius 3 is 2.76 bits per heavy atom. The third-order valence-electron chi connectivity index (χ3n) is 6.24. The van der Waals surface area contributed by atoms with E-state index >= 15 is 0 Å². The molecule has 2 aromatic heterocycles. The average Bonchev–Trinajstić information content (AvgIpc) is 3.54. The topological polar surface area (TPSA) is 85.8 Å². The van der Waals surface area contributed by atoms with E-state index < -0.39 is 0 Å². The molecule has 3 N–H and O–H groups in total. The van der Waals surface area contributed by atoms with Crippen molar-refractivity contribution in [2.75, 3.05) is 11.1 Å². The second-order valence-electron chi connectivity index (χ2n) is 8.64. The molecule has 4 aromatic rings. The fourth-order valence-electron chi connectivity index (χ4n) is 4.43. The van der Waals surface area contributed by atoms with Crippen LogP contribution in [0.15, 0.2) is 66.2 Å². The zero-order chi connectivity index (χ0) is 22.6. The summed E-state index contributed by atoms with van der Waals surface area (Å²) in [6.45, 7) is 0.910. The number of carbonyl (C=O) groups is 1.